The third kappa shape index (κ3) is 2.61. The number of ether oxygens (including phenoxy) is 2. The van der Waals surface area contributed by atoms with Crippen molar-refractivity contribution < 1.29 is 9.47 Å². The van der Waals surface area contributed by atoms with E-state index in [1.165, 1.54) is 11.1 Å². The number of nitrogens with one attached hydrogen (secondary N) is 1. The van der Waals surface area contributed by atoms with E-state index in [9.17, 15) is 0 Å². The van der Waals surface area contributed by atoms with E-state index in [2.05, 4.69) is 36.5 Å². The number of hydrogen-bond donors (Lipinski definition) is 1. The normalized spacial score (nSPS) is 12.6. The van der Waals surface area contributed by atoms with Gasteiger partial charge in [-0.25, -0.2) is 4.68 Å². The van der Waals surface area contributed by atoms with Gasteiger partial charge in [0.1, 0.15) is 23.0 Å². The van der Waals surface area contributed by atoms with Gasteiger partial charge in [0.15, 0.2) is 0 Å². The topological polar surface area (TPSA) is 48.3 Å². The average Bonchev–Trinajstić information content (AvgIpc) is 3.23. The Hall–Kier alpha value is -2.95. The highest BCUT2D eigenvalue weighted by atomic mass is 16.5. The summed E-state index contributed by atoms with van der Waals surface area (Å²) in [6.07, 6.45) is 0.941. The molecule has 0 saturated carbocycles. The molecule has 3 aromatic rings. The van der Waals surface area contributed by atoms with Gasteiger partial charge in [0, 0.05) is 17.7 Å². The van der Waals surface area contributed by atoms with E-state index >= 15 is 0 Å². The molecule has 0 unspecified atom stereocenters. The van der Waals surface area contributed by atoms with Crippen LogP contribution in [0.15, 0.2) is 42.5 Å². The SMILES string of the molecule is COc1ccc(OC)c(-c2nn(-c3cccc(C)c3)c3c2CCN3)c1. The Balaban J connectivity index is 1.92. The first kappa shape index (κ1) is 15.6. The van der Waals surface area contributed by atoms with Crippen molar-refractivity contribution in [1.29, 1.82) is 0 Å². The van der Waals surface area contributed by atoms with Crippen LogP contribution in [-0.4, -0.2) is 30.5 Å². The van der Waals surface area contributed by atoms with Crippen molar-refractivity contribution in [2.75, 3.05) is 26.1 Å². The second kappa shape index (κ2) is 6.16. The maximum absolute atomic E-state index is 5.57. The lowest BCUT2D eigenvalue weighted by molar-refractivity contribution is 0.404. The van der Waals surface area contributed by atoms with Crippen LogP contribution >= 0.6 is 0 Å². The molecule has 0 atom stereocenters. The predicted molar refractivity (Wildman–Crippen MR) is 99.0 cm³/mol. The van der Waals surface area contributed by atoms with Gasteiger partial charge >= 0.3 is 0 Å². The molecule has 2 heterocycles. The third-order valence-corrected chi connectivity index (χ3v) is 4.56. The van der Waals surface area contributed by atoms with E-state index in [-0.39, 0.29) is 0 Å². The van der Waals surface area contributed by atoms with Gasteiger partial charge in [-0.05, 0) is 49.2 Å². The van der Waals surface area contributed by atoms with Crippen molar-refractivity contribution in [2.24, 2.45) is 0 Å². The van der Waals surface area contributed by atoms with Crippen molar-refractivity contribution in [3.05, 3.63) is 53.6 Å². The summed E-state index contributed by atoms with van der Waals surface area (Å²) in [4.78, 5) is 0. The van der Waals surface area contributed by atoms with Crippen LogP contribution in [0.25, 0.3) is 16.9 Å². The molecule has 0 bridgehead atoms. The van der Waals surface area contributed by atoms with Gasteiger partial charge in [0.25, 0.3) is 0 Å². The zero-order chi connectivity index (χ0) is 17.4. The molecule has 128 valence electrons. The zero-order valence-corrected chi connectivity index (χ0v) is 14.7. The highest BCUT2D eigenvalue weighted by molar-refractivity contribution is 5.77. The first-order valence-corrected chi connectivity index (χ1v) is 8.36. The molecular weight excluding hydrogens is 314 g/mol. The van der Waals surface area contributed by atoms with E-state index in [0.29, 0.717) is 0 Å². The summed E-state index contributed by atoms with van der Waals surface area (Å²) in [5, 5.41) is 8.39. The predicted octanol–water partition coefficient (Wildman–Crippen LogP) is 3.83. The standard InChI is InChI=1S/C20H21N3O2/c1-13-5-4-6-14(11-13)23-20-16(9-10-21-20)19(22-23)17-12-15(24-2)7-8-18(17)25-3/h4-8,11-12,21H,9-10H2,1-3H3. The second-order valence-electron chi connectivity index (χ2n) is 6.17. The second-order valence-corrected chi connectivity index (χ2v) is 6.17. The molecule has 1 aromatic heterocycles. The van der Waals surface area contributed by atoms with Crippen LogP contribution in [-0.2, 0) is 6.42 Å². The molecular formula is C20H21N3O2. The van der Waals surface area contributed by atoms with Gasteiger partial charge in [-0.1, -0.05) is 12.1 Å². The molecule has 4 rings (SSSR count). The van der Waals surface area contributed by atoms with Gasteiger partial charge in [0.05, 0.1) is 19.9 Å². The Morgan fingerprint density at radius 3 is 2.72 bits per heavy atom. The van der Waals surface area contributed by atoms with E-state index in [1.54, 1.807) is 14.2 Å². The fraction of sp³-hybridized carbons (Fsp3) is 0.250. The quantitative estimate of drug-likeness (QED) is 0.787. The summed E-state index contributed by atoms with van der Waals surface area (Å²) < 4.78 is 13.0. The summed E-state index contributed by atoms with van der Waals surface area (Å²) >= 11 is 0. The van der Waals surface area contributed by atoms with Crippen molar-refractivity contribution in [3.63, 3.8) is 0 Å². The number of anilines is 1. The molecule has 5 heteroatoms. The van der Waals surface area contributed by atoms with E-state index in [1.807, 2.05) is 22.9 Å². The summed E-state index contributed by atoms with van der Waals surface area (Å²) in [6.45, 7) is 3.00. The van der Waals surface area contributed by atoms with Crippen molar-refractivity contribution in [1.82, 2.24) is 9.78 Å². The first-order chi connectivity index (χ1) is 12.2. The molecule has 0 saturated heterocycles. The number of aromatic nitrogens is 2. The molecule has 0 spiro atoms. The molecule has 1 N–H and O–H groups in total. The molecule has 0 radical (unpaired) electrons. The maximum atomic E-state index is 5.57. The lowest BCUT2D eigenvalue weighted by Crippen LogP contribution is -2.04. The first-order valence-electron chi connectivity index (χ1n) is 8.36. The minimum absolute atomic E-state index is 0.792. The Labute approximate surface area is 147 Å². The number of nitrogens with zero attached hydrogens (tertiary/aromatic N) is 2. The van der Waals surface area contributed by atoms with Crippen molar-refractivity contribution >= 4 is 5.82 Å². The molecule has 0 amide bonds. The summed E-state index contributed by atoms with van der Waals surface area (Å²) in [6, 6.07) is 14.2. The van der Waals surface area contributed by atoms with E-state index in [4.69, 9.17) is 14.6 Å². The summed E-state index contributed by atoms with van der Waals surface area (Å²) in [7, 11) is 3.35. The Kier molecular flexibility index (Phi) is 3.84. The van der Waals surface area contributed by atoms with Crippen molar-refractivity contribution in [3.8, 4) is 28.4 Å². The number of aryl methyl sites for hydroxylation is 1. The van der Waals surface area contributed by atoms with Crippen LogP contribution in [0.1, 0.15) is 11.1 Å². The van der Waals surface area contributed by atoms with E-state index in [0.717, 1.165) is 47.2 Å². The van der Waals surface area contributed by atoms with Crippen LogP contribution in [0.2, 0.25) is 0 Å². The Bertz CT molecular complexity index is 931. The van der Waals surface area contributed by atoms with Crippen LogP contribution in [0, 0.1) is 6.92 Å². The molecule has 1 aliphatic rings. The number of hydrogen-bond acceptors (Lipinski definition) is 4. The maximum Gasteiger partial charge on any atom is 0.133 e. The summed E-state index contributed by atoms with van der Waals surface area (Å²) in [5.74, 6) is 2.65. The molecule has 0 fully saturated rings. The molecule has 0 aliphatic carbocycles. The number of benzene rings is 2. The van der Waals surface area contributed by atoms with E-state index < -0.39 is 0 Å². The smallest absolute Gasteiger partial charge is 0.133 e. The lowest BCUT2D eigenvalue weighted by atomic mass is 10.1. The number of rotatable bonds is 4. The lowest BCUT2D eigenvalue weighted by Gasteiger charge is -2.10. The largest absolute Gasteiger partial charge is 0.497 e. The average molecular weight is 335 g/mol. The Morgan fingerprint density at radius 1 is 1.08 bits per heavy atom. The van der Waals surface area contributed by atoms with Crippen LogP contribution in [0.3, 0.4) is 0 Å². The molecule has 2 aromatic carbocycles. The molecule has 25 heavy (non-hydrogen) atoms. The van der Waals surface area contributed by atoms with Gasteiger partial charge < -0.3 is 14.8 Å². The van der Waals surface area contributed by atoms with Gasteiger partial charge in [-0.3, -0.25) is 0 Å². The fourth-order valence-corrected chi connectivity index (χ4v) is 3.34. The molecule has 1 aliphatic heterocycles. The number of methoxy groups -OCH3 is 2. The third-order valence-electron chi connectivity index (χ3n) is 4.56. The van der Waals surface area contributed by atoms with Crippen molar-refractivity contribution in [2.45, 2.75) is 13.3 Å². The Morgan fingerprint density at radius 2 is 1.96 bits per heavy atom. The highest BCUT2D eigenvalue weighted by Gasteiger charge is 2.25. The van der Waals surface area contributed by atoms with Gasteiger partial charge in [0.2, 0.25) is 0 Å². The monoisotopic (exact) mass is 335 g/mol. The van der Waals surface area contributed by atoms with Crippen LogP contribution < -0.4 is 14.8 Å². The molecule has 5 nitrogen and oxygen atoms in total. The van der Waals surface area contributed by atoms with Gasteiger partial charge in [-0.2, -0.15) is 5.10 Å². The summed E-state index contributed by atoms with van der Waals surface area (Å²) in [5.41, 5.74) is 5.37. The fourth-order valence-electron chi connectivity index (χ4n) is 3.34. The highest BCUT2D eigenvalue weighted by Crippen LogP contribution is 2.40. The number of fused-ring (bicyclic) bond motifs is 1. The minimum Gasteiger partial charge on any atom is -0.497 e. The van der Waals surface area contributed by atoms with Gasteiger partial charge in [-0.15, -0.1) is 0 Å². The minimum atomic E-state index is 0.792. The van der Waals surface area contributed by atoms with Crippen LogP contribution in [0.5, 0.6) is 11.5 Å². The zero-order valence-electron chi connectivity index (χ0n) is 14.7. The van der Waals surface area contributed by atoms with Crippen LogP contribution in [0.4, 0.5) is 5.82 Å².